The fourth-order valence-electron chi connectivity index (χ4n) is 5.62. The standard InChI is InChI=1S/C37H23N3O/c1-3-12-24(13-4-1)26-22-23-31(28-17-8-7-16-27(26)28)36-38-35(25-14-5-2-6-15-25)39-37(40-36)32-20-11-19-30-29-18-9-10-21-33(29)41-34(30)32/h1-23H. The fraction of sp³-hybridized carbons (Fsp3) is 0. The quantitative estimate of drug-likeness (QED) is 0.230. The zero-order valence-corrected chi connectivity index (χ0v) is 22.0. The summed E-state index contributed by atoms with van der Waals surface area (Å²) in [5.41, 5.74) is 6.69. The Morgan fingerprint density at radius 1 is 0.341 bits per heavy atom. The summed E-state index contributed by atoms with van der Waals surface area (Å²) in [6, 6.07) is 47.5. The molecular formula is C37H23N3O. The molecule has 0 radical (unpaired) electrons. The maximum atomic E-state index is 6.36. The molecule has 0 saturated heterocycles. The van der Waals surface area contributed by atoms with Crippen LogP contribution in [0.3, 0.4) is 0 Å². The predicted molar refractivity (Wildman–Crippen MR) is 166 cm³/mol. The summed E-state index contributed by atoms with van der Waals surface area (Å²) >= 11 is 0. The molecule has 0 atom stereocenters. The van der Waals surface area contributed by atoms with E-state index in [1.165, 1.54) is 11.1 Å². The van der Waals surface area contributed by atoms with Gasteiger partial charge in [0.15, 0.2) is 17.5 Å². The van der Waals surface area contributed by atoms with Crippen LogP contribution >= 0.6 is 0 Å². The van der Waals surface area contributed by atoms with E-state index >= 15 is 0 Å². The van der Waals surface area contributed by atoms with Gasteiger partial charge in [0.25, 0.3) is 0 Å². The summed E-state index contributed by atoms with van der Waals surface area (Å²) in [7, 11) is 0. The van der Waals surface area contributed by atoms with E-state index in [-0.39, 0.29) is 0 Å². The average molecular weight is 526 g/mol. The SMILES string of the molecule is c1ccc(-c2nc(-c3ccc(-c4ccccc4)c4ccccc34)nc(-c3cccc4c3oc3ccccc34)n2)cc1. The Morgan fingerprint density at radius 3 is 1.63 bits per heavy atom. The summed E-state index contributed by atoms with van der Waals surface area (Å²) in [6.45, 7) is 0. The minimum Gasteiger partial charge on any atom is -0.455 e. The van der Waals surface area contributed by atoms with E-state index < -0.39 is 0 Å². The number of hydrogen-bond donors (Lipinski definition) is 0. The van der Waals surface area contributed by atoms with Crippen molar-refractivity contribution in [2.45, 2.75) is 0 Å². The lowest BCUT2D eigenvalue weighted by Crippen LogP contribution is -2.01. The summed E-state index contributed by atoms with van der Waals surface area (Å²) < 4.78 is 6.36. The number of aromatic nitrogens is 3. The number of para-hydroxylation sites is 2. The first kappa shape index (κ1) is 23.3. The van der Waals surface area contributed by atoms with E-state index in [1.54, 1.807) is 0 Å². The molecule has 0 fully saturated rings. The van der Waals surface area contributed by atoms with Gasteiger partial charge >= 0.3 is 0 Å². The molecular weight excluding hydrogens is 502 g/mol. The van der Waals surface area contributed by atoms with Gasteiger partial charge in [-0.05, 0) is 40.1 Å². The highest BCUT2D eigenvalue weighted by molar-refractivity contribution is 6.09. The minimum absolute atomic E-state index is 0.578. The summed E-state index contributed by atoms with van der Waals surface area (Å²) in [5.74, 6) is 1.82. The van der Waals surface area contributed by atoms with Crippen LogP contribution in [0.4, 0.5) is 0 Å². The Bertz CT molecular complexity index is 2200. The Balaban J connectivity index is 1.39. The summed E-state index contributed by atoms with van der Waals surface area (Å²) in [6.07, 6.45) is 0. The van der Waals surface area contributed by atoms with E-state index in [0.717, 1.165) is 49.4 Å². The molecule has 8 rings (SSSR count). The predicted octanol–water partition coefficient (Wildman–Crippen LogP) is 9.59. The molecule has 2 heterocycles. The molecule has 4 nitrogen and oxygen atoms in total. The van der Waals surface area contributed by atoms with Crippen LogP contribution in [-0.2, 0) is 0 Å². The Hall–Kier alpha value is -5.61. The first-order valence-corrected chi connectivity index (χ1v) is 13.6. The summed E-state index contributed by atoms with van der Waals surface area (Å²) in [5, 5.41) is 4.36. The maximum absolute atomic E-state index is 6.36. The molecule has 8 aromatic rings. The van der Waals surface area contributed by atoms with Crippen LogP contribution in [0.15, 0.2) is 144 Å². The van der Waals surface area contributed by atoms with Gasteiger partial charge in [-0.15, -0.1) is 0 Å². The zero-order chi connectivity index (χ0) is 27.2. The highest BCUT2D eigenvalue weighted by atomic mass is 16.3. The van der Waals surface area contributed by atoms with Gasteiger partial charge in [0.05, 0.1) is 5.56 Å². The minimum atomic E-state index is 0.578. The number of hydrogen-bond acceptors (Lipinski definition) is 4. The van der Waals surface area contributed by atoms with Crippen LogP contribution < -0.4 is 0 Å². The molecule has 41 heavy (non-hydrogen) atoms. The third-order valence-electron chi connectivity index (χ3n) is 7.56. The Labute approximate surface area is 236 Å². The molecule has 6 aromatic carbocycles. The van der Waals surface area contributed by atoms with Gasteiger partial charge in [-0.2, -0.15) is 0 Å². The van der Waals surface area contributed by atoms with Crippen LogP contribution in [0.5, 0.6) is 0 Å². The first-order valence-electron chi connectivity index (χ1n) is 13.6. The van der Waals surface area contributed by atoms with Crippen molar-refractivity contribution >= 4 is 32.7 Å². The van der Waals surface area contributed by atoms with Gasteiger partial charge in [-0.1, -0.05) is 121 Å². The first-order chi connectivity index (χ1) is 20.3. The van der Waals surface area contributed by atoms with Crippen molar-refractivity contribution in [3.63, 3.8) is 0 Å². The number of nitrogens with zero attached hydrogens (tertiary/aromatic N) is 3. The molecule has 0 spiro atoms. The monoisotopic (exact) mass is 525 g/mol. The van der Waals surface area contributed by atoms with Crippen LogP contribution in [0, 0.1) is 0 Å². The van der Waals surface area contributed by atoms with E-state index in [4.69, 9.17) is 19.4 Å². The normalized spacial score (nSPS) is 11.4. The second kappa shape index (κ2) is 9.54. The van der Waals surface area contributed by atoms with Crippen LogP contribution in [0.25, 0.3) is 78.0 Å². The third-order valence-corrected chi connectivity index (χ3v) is 7.56. The van der Waals surface area contributed by atoms with Gasteiger partial charge in [0.2, 0.25) is 0 Å². The Morgan fingerprint density at radius 2 is 0.878 bits per heavy atom. The topological polar surface area (TPSA) is 51.8 Å². The van der Waals surface area contributed by atoms with Crippen LogP contribution in [0.2, 0.25) is 0 Å². The molecule has 0 aliphatic carbocycles. The van der Waals surface area contributed by atoms with Crippen LogP contribution in [-0.4, -0.2) is 15.0 Å². The van der Waals surface area contributed by atoms with Crippen LogP contribution in [0.1, 0.15) is 0 Å². The largest absolute Gasteiger partial charge is 0.455 e. The molecule has 192 valence electrons. The van der Waals surface area contributed by atoms with Crippen molar-refractivity contribution in [1.82, 2.24) is 15.0 Å². The number of fused-ring (bicyclic) bond motifs is 4. The lowest BCUT2D eigenvalue weighted by Gasteiger charge is -2.13. The second-order valence-electron chi connectivity index (χ2n) is 10.0. The second-order valence-corrected chi connectivity index (χ2v) is 10.0. The zero-order valence-electron chi connectivity index (χ0n) is 22.0. The van der Waals surface area contributed by atoms with Gasteiger partial charge in [0, 0.05) is 21.9 Å². The number of benzene rings is 6. The molecule has 2 aromatic heterocycles. The van der Waals surface area contributed by atoms with E-state index in [2.05, 4.69) is 72.8 Å². The van der Waals surface area contributed by atoms with Gasteiger partial charge in [-0.3, -0.25) is 0 Å². The molecule has 0 unspecified atom stereocenters. The molecule has 0 bridgehead atoms. The fourth-order valence-corrected chi connectivity index (χ4v) is 5.62. The average Bonchev–Trinajstić information content (AvgIpc) is 3.44. The van der Waals surface area contributed by atoms with Crippen molar-refractivity contribution in [3.8, 4) is 45.3 Å². The lowest BCUT2D eigenvalue weighted by atomic mass is 9.94. The molecule has 4 heteroatoms. The van der Waals surface area contributed by atoms with E-state index in [9.17, 15) is 0 Å². The van der Waals surface area contributed by atoms with Crippen molar-refractivity contribution in [2.75, 3.05) is 0 Å². The number of furan rings is 1. The van der Waals surface area contributed by atoms with E-state index in [1.807, 2.05) is 66.7 Å². The molecule has 0 N–H and O–H groups in total. The smallest absolute Gasteiger partial charge is 0.167 e. The molecule has 0 aliphatic rings. The maximum Gasteiger partial charge on any atom is 0.167 e. The van der Waals surface area contributed by atoms with Crippen molar-refractivity contribution in [2.24, 2.45) is 0 Å². The van der Waals surface area contributed by atoms with Gasteiger partial charge in [-0.25, -0.2) is 15.0 Å². The van der Waals surface area contributed by atoms with Gasteiger partial charge < -0.3 is 4.42 Å². The highest BCUT2D eigenvalue weighted by Gasteiger charge is 2.19. The van der Waals surface area contributed by atoms with Crippen molar-refractivity contribution < 1.29 is 4.42 Å². The lowest BCUT2D eigenvalue weighted by molar-refractivity contribution is 0.669. The molecule has 0 saturated carbocycles. The summed E-state index contributed by atoms with van der Waals surface area (Å²) in [4.78, 5) is 15.1. The van der Waals surface area contributed by atoms with E-state index in [0.29, 0.717) is 17.5 Å². The van der Waals surface area contributed by atoms with Crippen molar-refractivity contribution in [1.29, 1.82) is 0 Å². The van der Waals surface area contributed by atoms with Crippen molar-refractivity contribution in [3.05, 3.63) is 140 Å². The Kier molecular flexibility index (Phi) is 5.42. The number of rotatable bonds is 4. The molecule has 0 aliphatic heterocycles. The molecule has 0 amide bonds. The highest BCUT2D eigenvalue weighted by Crippen LogP contribution is 2.38. The van der Waals surface area contributed by atoms with Gasteiger partial charge in [0.1, 0.15) is 11.2 Å². The third kappa shape index (κ3) is 3.97.